The van der Waals surface area contributed by atoms with Crippen LogP contribution in [0.4, 0.5) is 14.6 Å². The molecule has 0 aliphatic rings. The first-order valence-electron chi connectivity index (χ1n) is 7.13. The first-order chi connectivity index (χ1) is 11.0. The molecular formula is C16H17F2N3O2. The molecule has 5 nitrogen and oxygen atoms in total. The molecule has 0 saturated heterocycles. The zero-order chi connectivity index (χ0) is 16.8. The number of nitrogens with zero attached hydrogens (tertiary/aromatic N) is 1. The number of pyridine rings is 1. The number of halogens is 2. The van der Waals surface area contributed by atoms with Crippen molar-refractivity contribution in [2.75, 3.05) is 18.4 Å². The first-order valence-corrected chi connectivity index (χ1v) is 7.13. The molecule has 0 saturated carbocycles. The number of anilines is 1. The Morgan fingerprint density at radius 3 is 2.52 bits per heavy atom. The van der Waals surface area contributed by atoms with Crippen LogP contribution in [0.1, 0.15) is 28.9 Å². The second kappa shape index (κ2) is 7.64. The van der Waals surface area contributed by atoms with Crippen LogP contribution in [0.3, 0.4) is 0 Å². The highest BCUT2D eigenvalue weighted by molar-refractivity contribution is 5.93. The topological polar surface area (TPSA) is 74.2 Å². The van der Waals surface area contributed by atoms with Crippen LogP contribution in [0.15, 0.2) is 36.5 Å². The van der Waals surface area contributed by atoms with Gasteiger partial charge in [0.05, 0.1) is 11.1 Å². The number of nitrogens with one attached hydrogen (secondary N) is 2. The van der Waals surface area contributed by atoms with Gasteiger partial charge in [0, 0.05) is 19.3 Å². The third-order valence-electron chi connectivity index (χ3n) is 3.17. The van der Waals surface area contributed by atoms with Crippen molar-refractivity contribution in [2.45, 2.75) is 13.0 Å². The predicted molar refractivity (Wildman–Crippen MR) is 82.1 cm³/mol. The summed E-state index contributed by atoms with van der Waals surface area (Å²) in [7, 11) is 0. The molecule has 0 fully saturated rings. The largest absolute Gasteiger partial charge is 0.386 e. The highest BCUT2D eigenvalue weighted by atomic mass is 19.1. The number of carbonyl (C=O) groups is 1. The average molecular weight is 321 g/mol. The van der Waals surface area contributed by atoms with Crippen LogP contribution in [0.5, 0.6) is 0 Å². The van der Waals surface area contributed by atoms with E-state index >= 15 is 0 Å². The van der Waals surface area contributed by atoms with E-state index < -0.39 is 17.7 Å². The molecule has 0 bridgehead atoms. The molecule has 0 aliphatic carbocycles. The summed E-state index contributed by atoms with van der Waals surface area (Å²) >= 11 is 0. The Morgan fingerprint density at radius 2 is 1.96 bits per heavy atom. The molecule has 1 heterocycles. The fourth-order valence-electron chi connectivity index (χ4n) is 2.03. The van der Waals surface area contributed by atoms with Gasteiger partial charge in [0.1, 0.15) is 23.6 Å². The van der Waals surface area contributed by atoms with Gasteiger partial charge in [-0.1, -0.05) is 6.07 Å². The lowest BCUT2D eigenvalue weighted by molar-refractivity contribution is 0.0955. The van der Waals surface area contributed by atoms with Crippen LogP contribution in [-0.4, -0.2) is 29.1 Å². The number of amides is 1. The summed E-state index contributed by atoms with van der Waals surface area (Å²) in [5.74, 6) is -1.47. The lowest BCUT2D eigenvalue weighted by atomic mass is 10.1. The van der Waals surface area contributed by atoms with E-state index in [1.165, 1.54) is 12.3 Å². The molecular weight excluding hydrogens is 304 g/mol. The molecule has 0 aliphatic heterocycles. The van der Waals surface area contributed by atoms with Crippen LogP contribution in [-0.2, 0) is 0 Å². The average Bonchev–Trinajstić information content (AvgIpc) is 2.53. The standard InChI is InChI=1S/C16H17F2N3O2/c1-2-19-16(23)10-6-7-14(20-8-10)21-9-13(22)15-11(17)4-3-5-12(15)18/h3-8,13,22H,2,9H2,1H3,(H,19,23)(H,20,21). The Labute approximate surface area is 132 Å². The summed E-state index contributed by atoms with van der Waals surface area (Å²) in [6.45, 7) is 2.20. The molecule has 0 spiro atoms. The highest BCUT2D eigenvalue weighted by Crippen LogP contribution is 2.21. The van der Waals surface area contributed by atoms with Crippen molar-refractivity contribution in [3.05, 3.63) is 59.3 Å². The molecule has 2 aromatic rings. The SMILES string of the molecule is CCNC(=O)c1ccc(NCC(O)c2c(F)cccc2F)nc1. The Kier molecular flexibility index (Phi) is 5.59. The minimum absolute atomic E-state index is 0.120. The summed E-state index contributed by atoms with van der Waals surface area (Å²) in [5, 5.41) is 15.3. The fraction of sp³-hybridized carbons (Fsp3) is 0.250. The fourth-order valence-corrected chi connectivity index (χ4v) is 2.03. The first kappa shape index (κ1) is 16.8. The number of hydrogen-bond donors (Lipinski definition) is 3. The number of aromatic nitrogens is 1. The maximum Gasteiger partial charge on any atom is 0.252 e. The number of aliphatic hydroxyl groups is 1. The summed E-state index contributed by atoms with van der Waals surface area (Å²) in [6.07, 6.45) is 0.0182. The van der Waals surface area contributed by atoms with Crippen molar-refractivity contribution in [1.29, 1.82) is 0 Å². The molecule has 1 aromatic heterocycles. The molecule has 1 amide bonds. The van der Waals surface area contributed by atoms with Gasteiger partial charge in [0.2, 0.25) is 0 Å². The van der Waals surface area contributed by atoms with Gasteiger partial charge in [-0.05, 0) is 31.2 Å². The Balaban J connectivity index is 1.99. The van der Waals surface area contributed by atoms with Gasteiger partial charge in [-0.2, -0.15) is 0 Å². The maximum absolute atomic E-state index is 13.6. The van der Waals surface area contributed by atoms with E-state index in [9.17, 15) is 18.7 Å². The van der Waals surface area contributed by atoms with Gasteiger partial charge in [0.15, 0.2) is 0 Å². The van der Waals surface area contributed by atoms with Crippen LogP contribution < -0.4 is 10.6 Å². The van der Waals surface area contributed by atoms with Crippen molar-refractivity contribution < 1.29 is 18.7 Å². The van der Waals surface area contributed by atoms with Crippen molar-refractivity contribution in [3.8, 4) is 0 Å². The second-order valence-electron chi connectivity index (χ2n) is 4.82. The summed E-state index contributed by atoms with van der Waals surface area (Å²) in [6, 6.07) is 6.52. The third-order valence-corrected chi connectivity index (χ3v) is 3.17. The quantitative estimate of drug-likeness (QED) is 0.763. The molecule has 1 unspecified atom stereocenters. The predicted octanol–water partition coefficient (Wildman–Crippen LogP) is 2.25. The van der Waals surface area contributed by atoms with E-state index in [1.54, 1.807) is 12.1 Å². The normalized spacial score (nSPS) is 11.8. The van der Waals surface area contributed by atoms with Gasteiger partial charge in [-0.3, -0.25) is 4.79 Å². The lowest BCUT2D eigenvalue weighted by Crippen LogP contribution is -2.22. The van der Waals surface area contributed by atoms with E-state index in [4.69, 9.17) is 0 Å². The van der Waals surface area contributed by atoms with E-state index in [-0.39, 0.29) is 18.0 Å². The van der Waals surface area contributed by atoms with E-state index in [0.717, 1.165) is 12.1 Å². The molecule has 0 radical (unpaired) electrons. The summed E-state index contributed by atoms with van der Waals surface area (Å²) < 4.78 is 27.1. The summed E-state index contributed by atoms with van der Waals surface area (Å²) in [4.78, 5) is 15.6. The van der Waals surface area contributed by atoms with Crippen molar-refractivity contribution in [3.63, 3.8) is 0 Å². The second-order valence-corrected chi connectivity index (χ2v) is 4.82. The highest BCUT2D eigenvalue weighted by Gasteiger charge is 2.17. The third kappa shape index (κ3) is 4.23. The minimum atomic E-state index is -1.36. The summed E-state index contributed by atoms with van der Waals surface area (Å²) in [5.41, 5.74) is 0.0111. The molecule has 122 valence electrons. The number of benzene rings is 1. The van der Waals surface area contributed by atoms with Gasteiger partial charge in [0.25, 0.3) is 5.91 Å². The van der Waals surface area contributed by atoms with E-state index in [2.05, 4.69) is 15.6 Å². The molecule has 23 heavy (non-hydrogen) atoms. The molecule has 1 atom stereocenters. The Bertz CT molecular complexity index is 657. The lowest BCUT2D eigenvalue weighted by Gasteiger charge is -2.14. The van der Waals surface area contributed by atoms with E-state index in [0.29, 0.717) is 17.9 Å². The van der Waals surface area contributed by atoms with Crippen LogP contribution in [0.25, 0.3) is 0 Å². The number of aliphatic hydroxyl groups excluding tert-OH is 1. The van der Waals surface area contributed by atoms with Gasteiger partial charge in [-0.15, -0.1) is 0 Å². The number of rotatable bonds is 6. The monoisotopic (exact) mass is 321 g/mol. The smallest absolute Gasteiger partial charge is 0.252 e. The molecule has 7 heteroatoms. The Morgan fingerprint density at radius 1 is 1.26 bits per heavy atom. The van der Waals surface area contributed by atoms with Crippen LogP contribution in [0.2, 0.25) is 0 Å². The van der Waals surface area contributed by atoms with Crippen molar-refractivity contribution in [2.24, 2.45) is 0 Å². The van der Waals surface area contributed by atoms with Gasteiger partial charge < -0.3 is 15.7 Å². The number of hydrogen-bond acceptors (Lipinski definition) is 4. The minimum Gasteiger partial charge on any atom is -0.386 e. The van der Waals surface area contributed by atoms with Crippen LogP contribution >= 0.6 is 0 Å². The zero-order valence-corrected chi connectivity index (χ0v) is 12.5. The molecule has 3 N–H and O–H groups in total. The van der Waals surface area contributed by atoms with Crippen molar-refractivity contribution in [1.82, 2.24) is 10.3 Å². The number of carbonyl (C=O) groups excluding carboxylic acids is 1. The maximum atomic E-state index is 13.6. The molecule has 1 aromatic carbocycles. The van der Waals surface area contributed by atoms with Gasteiger partial charge in [-0.25, -0.2) is 13.8 Å². The van der Waals surface area contributed by atoms with Gasteiger partial charge >= 0.3 is 0 Å². The van der Waals surface area contributed by atoms with Crippen LogP contribution in [0, 0.1) is 11.6 Å². The molecule has 2 rings (SSSR count). The van der Waals surface area contributed by atoms with Crippen molar-refractivity contribution >= 4 is 11.7 Å². The van der Waals surface area contributed by atoms with E-state index in [1.807, 2.05) is 6.92 Å². The Hall–Kier alpha value is -2.54. The zero-order valence-electron chi connectivity index (χ0n) is 12.5.